The predicted molar refractivity (Wildman–Crippen MR) is 90.8 cm³/mol. The topological polar surface area (TPSA) is 50.3 Å². The van der Waals surface area contributed by atoms with Gasteiger partial charge in [0.25, 0.3) is 0 Å². The Labute approximate surface area is 138 Å². The fourth-order valence-corrected chi connectivity index (χ4v) is 4.05. The molecule has 1 aliphatic heterocycles. The average molecular weight is 330 g/mol. The van der Waals surface area contributed by atoms with E-state index in [2.05, 4.69) is 16.0 Å². The number of hydrogen-bond donors (Lipinski definition) is 0. The number of nitrogens with zero attached hydrogens (tertiary/aromatic N) is 2. The van der Waals surface area contributed by atoms with Gasteiger partial charge in [-0.05, 0) is 48.7 Å². The lowest BCUT2D eigenvalue weighted by Crippen LogP contribution is -2.22. The first-order valence-electron chi connectivity index (χ1n) is 8.06. The first-order valence-corrected chi connectivity index (χ1v) is 9.71. The van der Waals surface area contributed by atoms with Gasteiger partial charge in [-0.3, -0.25) is 9.88 Å². The van der Waals surface area contributed by atoms with Gasteiger partial charge in [-0.2, -0.15) is 0 Å². The zero-order valence-electron chi connectivity index (χ0n) is 13.4. The highest BCUT2D eigenvalue weighted by Gasteiger charge is 2.26. The average Bonchev–Trinajstić information content (AvgIpc) is 3.04. The fourth-order valence-electron chi connectivity index (χ4n) is 3.17. The molecule has 0 spiro atoms. The lowest BCUT2D eigenvalue weighted by atomic mass is 10.1. The van der Waals surface area contributed by atoms with Crippen LogP contribution in [0.2, 0.25) is 0 Å². The lowest BCUT2D eigenvalue weighted by molar-refractivity contribution is 0.248. The van der Waals surface area contributed by atoms with Gasteiger partial charge >= 0.3 is 0 Å². The molecule has 1 aliphatic rings. The summed E-state index contributed by atoms with van der Waals surface area (Å²) in [5, 5.41) is 0. The van der Waals surface area contributed by atoms with E-state index in [9.17, 15) is 8.42 Å². The molecular formula is C18H22N2O2S. The largest absolute Gasteiger partial charge is 0.292 e. The Morgan fingerprint density at radius 3 is 2.65 bits per heavy atom. The summed E-state index contributed by atoms with van der Waals surface area (Å²) in [6.45, 7) is 3.58. The highest BCUT2D eigenvalue weighted by atomic mass is 32.2. The van der Waals surface area contributed by atoms with Crippen molar-refractivity contribution in [1.29, 1.82) is 0 Å². The summed E-state index contributed by atoms with van der Waals surface area (Å²) < 4.78 is 23.8. The second kappa shape index (κ2) is 6.81. The van der Waals surface area contributed by atoms with Gasteiger partial charge in [0.2, 0.25) is 0 Å². The van der Waals surface area contributed by atoms with E-state index in [4.69, 9.17) is 0 Å². The molecule has 5 heteroatoms. The number of rotatable bonds is 5. The normalized spacial score (nSPS) is 19.1. The molecule has 0 amide bonds. The van der Waals surface area contributed by atoms with Crippen molar-refractivity contribution in [1.82, 2.24) is 9.88 Å². The molecule has 0 radical (unpaired) electrons. The quantitative estimate of drug-likeness (QED) is 0.845. The summed E-state index contributed by atoms with van der Waals surface area (Å²) >= 11 is 0. The fraction of sp³-hybridized carbons (Fsp3) is 0.389. The van der Waals surface area contributed by atoms with E-state index in [0.717, 1.165) is 25.1 Å². The molecule has 122 valence electrons. The first-order chi connectivity index (χ1) is 11.1. The zero-order valence-corrected chi connectivity index (χ0v) is 14.2. The summed E-state index contributed by atoms with van der Waals surface area (Å²) in [5.41, 5.74) is 2.41. The molecule has 1 saturated heterocycles. The van der Waals surface area contributed by atoms with E-state index in [1.807, 2.05) is 24.4 Å². The molecule has 0 saturated carbocycles. The van der Waals surface area contributed by atoms with E-state index in [1.54, 1.807) is 25.3 Å². The molecule has 0 N–H and O–H groups in total. The van der Waals surface area contributed by atoms with Gasteiger partial charge in [0.05, 0.1) is 10.6 Å². The van der Waals surface area contributed by atoms with Crippen LogP contribution in [0, 0.1) is 0 Å². The van der Waals surface area contributed by atoms with Crippen molar-refractivity contribution < 1.29 is 8.42 Å². The molecule has 2 aromatic rings. The molecule has 3 rings (SSSR count). The number of pyridine rings is 1. The SMILES string of the molecule is CCS(=O)(=O)c1ccc(CN2CCCC2c2cccnc2)cc1. The van der Waals surface area contributed by atoms with Crippen molar-refractivity contribution in [3.63, 3.8) is 0 Å². The van der Waals surface area contributed by atoms with Crippen molar-refractivity contribution in [3.05, 3.63) is 59.9 Å². The van der Waals surface area contributed by atoms with Gasteiger partial charge in [0.15, 0.2) is 9.84 Å². The first kappa shape index (κ1) is 16.1. The van der Waals surface area contributed by atoms with E-state index in [0.29, 0.717) is 10.9 Å². The van der Waals surface area contributed by atoms with Crippen molar-refractivity contribution in [2.24, 2.45) is 0 Å². The number of benzene rings is 1. The predicted octanol–water partition coefficient (Wildman–Crippen LogP) is 3.21. The Kier molecular flexibility index (Phi) is 4.78. The maximum absolute atomic E-state index is 11.9. The monoisotopic (exact) mass is 330 g/mol. The van der Waals surface area contributed by atoms with Gasteiger partial charge in [0.1, 0.15) is 0 Å². The molecular weight excluding hydrogens is 308 g/mol. The van der Waals surface area contributed by atoms with E-state index < -0.39 is 9.84 Å². The third kappa shape index (κ3) is 3.62. The standard InChI is InChI=1S/C18H22N2O2S/c1-2-23(21,22)17-9-7-15(8-10-17)14-20-12-4-6-18(20)16-5-3-11-19-13-16/h3,5,7-11,13,18H,2,4,6,12,14H2,1H3. The van der Waals surface area contributed by atoms with Crippen LogP contribution in [0.15, 0.2) is 53.7 Å². The molecule has 1 aromatic heterocycles. The maximum Gasteiger partial charge on any atom is 0.178 e. The third-order valence-corrected chi connectivity index (χ3v) is 6.23. The van der Waals surface area contributed by atoms with E-state index in [1.165, 1.54) is 12.0 Å². The molecule has 0 bridgehead atoms. The van der Waals surface area contributed by atoms with Crippen molar-refractivity contribution >= 4 is 9.84 Å². The highest BCUT2D eigenvalue weighted by molar-refractivity contribution is 7.91. The molecule has 23 heavy (non-hydrogen) atoms. The van der Waals surface area contributed by atoms with Gasteiger partial charge in [-0.1, -0.05) is 25.1 Å². The Balaban J connectivity index is 1.74. The van der Waals surface area contributed by atoms with Crippen LogP contribution in [0.4, 0.5) is 0 Å². The zero-order chi connectivity index (χ0) is 16.3. The summed E-state index contributed by atoms with van der Waals surface area (Å²) in [7, 11) is -3.12. The van der Waals surface area contributed by atoms with Crippen molar-refractivity contribution in [2.75, 3.05) is 12.3 Å². The van der Waals surface area contributed by atoms with Gasteiger partial charge in [0, 0.05) is 25.0 Å². The second-order valence-corrected chi connectivity index (χ2v) is 8.24. The minimum Gasteiger partial charge on any atom is -0.292 e. The molecule has 4 nitrogen and oxygen atoms in total. The highest BCUT2D eigenvalue weighted by Crippen LogP contribution is 2.32. The molecule has 1 fully saturated rings. The van der Waals surface area contributed by atoms with Gasteiger partial charge < -0.3 is 0 Å². The Bertz CT molecular complexity index is 742. The van der Waals surface area contributed by atoms with Crippen LogP contribution in [-0.2, 0) is 16.4 Å². The third-order valence-electron chi connectivity index (χ3n) is 4.48. The van der Waals surface area contributed by atoms with Crippen LogP contribution >= 0.6 is 0 Å². The van der Waals surface area contributed by atoms with E-state index in [-0.39, 0.29) is 5.75 Å². The van der Waals surface area contributed by atoms with Crippen LogP contribution in [0.25, 0.3) is 0 Å². The molecule has 1 unspecified atom stereocenters. The Morgan fingerprint density at radius 2 is 2.00 bits per heavy atom. The Hall–Kier alpha value is -1.72. The van der Waals surface area contributed by atoms with Crippen LogP contribution in [0.1, 0.15) is 36.9 Å². The Morgan fingerprint density at radius 1 is 1.22 bits per heavy atom. The molecule has 0 aliphatic carbocycles. The minimum atomic E-state index is -3.12. The summed E-state index contributed by atoms with van der Waals surface area (Å²) in [4.78, 5) is 7.08. The number of aromatic nitrogens is 1. The lowest BCUT2D eigenvalue weighted by Gasteiger charge is -2.24. The number of likely N-dealkylation sites (tertiary alicyclic amines) is 1. The van der Waals surface area contributed by atoms with Crippen LogP contribution in [0.3, 0.4) is 0 Å². The van der Waals surface area contributed by atoms with Crippen molar-refractivity contribution in [3.8, 4) is 0 Å². The van der Waals surface area contributed by atoms with Crippen molar-refractivity contribution in [2.45, 2.75) is 37.2 Å². The van der Waals surface area contributed by atoms with Gasteiger partial charge in [-0.25, -0.2) is 8.42 Å². The van der Waals surface area contributed by atoms with E-state index >= 15 is 0 Å². The second-order valence-electron chi connectivity index (χ2n) is 5.96. The van der Waals surface area contributed by atoms with Crippen LogP contribution in [0.5, 0.6) is 0 Å². The maximum atomic E-state index is 11.9. The summed E-state index contributed by atoms with van der Waals surface area (Å²) in [6, 6.07) is 11.8. The number of sulfone groups is 1. The molecule has 1 atom stereocenters. The van der Waals surface area contributed by atoms with Gasteiger partial charge in [-0.15, -0.1) is 0 Å². The summed E-state index contributed by atoms with van der Waals surface area (Å²) in [5.74, 6) is 0.140. The molecule has 1 aromatic carbocycles. The van der Waals surface area contributed by atoms with Crippen LogP contribution in [-0.4, -0.2) is 30.6 Å². The minimum absolute atomic E-state index is 0.140. The summed E-state index contributed by atoms with van der Waals surface area (Å²) in [6.07, 6.45) is 6.07. The number of hydrogen-bond acceptors (Lipinski definition) is 4. The van der Waals surface area contributed by atoms with Crippen LogP contribution < -0.4 is 0 Å². The molecule has 2 heterocycles. The smallest absolute Gasteiger partial charge is 0.178 e.